The second-order valence-corrected chi connectivity index (χ2v) is 8.46. The van der Waals surface area contributed by atoms with Gasteiger partial charge in [0.2, 0.25) is 10.0 Å². The van der Waals surface area contributed by atoms with Crippen LogP contribution in [0.25, 0.3) is 0 Å². The maximum absolute atomic E-state index is 13.0. The van der Waals surface area contributed by atoms with Crippen molar-refractivity contribution in [3.63, 3.8) is 0 Å². The van der Waals surface area contributed by atoms with E-state index >= 15 is 0 Å². The van der Waals surface area contributed by atoms with Gasteiger partial charge in [0.25, 0.3) is 0 Å². The van der Waals surface area contributed by atoms with E-state index in [1.807, 2.05) is 19.2 Å². The summed E-state index contributed by atoms with van der Waals surface area (Å²) in [5, 5.41) is 2.86. The first-order chi connectivity index (χ1) is 10.6. The number of hydrogen-bond acceptors (Lipinski definition) is 4. The maximum atomic E-state index is 13.0. The number of sulfonamides is 1. The van der Waals surface area contributed by atoms with Gasteiger partial charge in [-0.05, 0) is 43.4 Å². The Kier molecular flexibility index (Phi) is 4.68. The molecule has 2 heterocycles. The molecule has 1 aromatic heterocycles. The van der Waals surface area contributed by atoms with Crippen molar-refractivity contribution >= 4 is 15.8 Å². The van der Waals surface area contributed by atoms with Gasteiger partial charge in [0.1, 0.15) is 5.82 Å². The number of rotatable bonds is 4. The van der Waals surface area contributed by atoms with Gasteiger partial charge in [0.05, 0.1) is 5.25 Å². The van der Waals surface area contributed by atoms with Gasteiger partial charge in [-0.15, -0.1) is 0 Å². The van der Waals surface area contributed by atoms with Crippen molar-refractivity contribution in [1.82, 2.24) is 9.29 Å². The SMILES string of the molecule is CNc1cc(C2CCCN2S(=O)(=O)C2CCCCC2)ccn1. The Balaban J connectivity index is 1.85. The second kappa shape index (κ2) is 6.54. The Morgan fingerprint density at radius 1 is 1.18 bits per heavy atom. The lowest BCUT2D eigenvalue weighted by molar-refractivity contribution is 0.375. The molecule has 5 nitrogen and oxygen atoms in total. The van der Waals surface area contributed by atoms with Crippen molar-refractivity contribution in [2.24, 2.45) is 0 Å². The highest BCUT2D eigenvalue weighted by atomic mass is 32.2. The molecule has 6 heteroatoms. The van der Waals surface area contributed by atoms with Crippen LogP contribution in [0.1, 0.15) is 56.6 Å². The lowest BCUT2D eigenvalue weighted by Crippen LogP contribution is -2.39. The predicted octanol–water partition coefficient (Wildman–Crippen LogP) is 2.92. The number of hydrogen-bond donors (Lipinski definition) is 1. The Morgan fingerprint density at radius 3 is 2.68 bits per heavy atom. The molecule has 1 aliphatic carbocycles. The van der Waals surface area contributed by atoms with E-state index in [0.717, 1.165) is 49.9 Å². The van der Waals surface area contributed by atoms with E-state index in [1.54, 1.807) is 10.5 Å². The van der Waals surface area contributed by atoms with Gasteiger partial charge < -0.3 is 5.32 Å². The van der Waals surface area contributed by atoms with Crippen LogP contribution < -0.4 is 5.32 Å². The molecular formula is C16H25N3O2S. The van der Waals surface area contributed by atoms with Crippen molar-refractivity contribution in [3.8, 4) is 0 Å². The van der Waals surface area contributed by atoms with Crippen LogP contribution in [-0.4, -0.2) is 36.5 Å². The van der Waals surface area contributed by atoms with E-state index in [0.29, 0.717) is 6.54 Å². The molecule has 2 aliphatic rings. The summed E-state index contributed by atoms with van der Waals surface area (Å²) < 4.78 is 27.8. The Morgan fingerprint density at radius 2 is 1.95 bits per heavy atom. The Bertz CT molecular complexity index is 612. The molecule has 1 aliphatic heterocycles. The van der Waals surface area contributed by atoms with E-state index in [2.05, 4.69) is 10.3 Å². The van der Waals surface area contributed by atoms with Crippen molar-refractivity contribution in [2.45, 2.75) is 56.2 Å². The quantitative estimate of drug-likeness (QED) is 0.925. The molecule has 3 rings (SSSR count). The van der Waals surface area contributed by atoms with Crippen LogP contribution in [0.3, 0.4) is 0 Å². The number of aromatic nitrogens is 1. The molecule has 1 atom stereocenters. The summed E-state index contributed by atoms with van der Waals surface area (Å²) in [6.07, 6.45) is 8.50. The fourth-order valence-electron chi connectivity index (χ4n) is 3.72. The summed E-state index contributed by atoms with van der Waals surface area (Å²) >= 11 is 0. The van der Waals surface area contributed by atoms with Crippen molar-refractivity contribution in [3.05, 3.63) is 23.9 Å². The van der Waals surface area contributed by atoms with Crippen LogP contribution >= 0.6 is 0 Å². The number of anilines is 1. The lowest BCUT2D eigenvalue weighted by atomic mass is 10.0. The van der Waals surface area contributed by atoms with Crippen molar-refractivity contribution in [1.29, 1.82) is 0 Å². The van der Waals surface area contributed by atoms with E-state index in [-0.39, 0.29) is 11.3 Å². The molecule has 122 valence electrons. The van der Waals surface area contributed by atoms with E-state index in [4.69, 9.17) is 0 Å². The van der Waals surface area contributed by atoms with Crippen LogP contribution in [0.15, 0.2) is 18.3 Å². The maximum Gasteiger partial charge on any atom is 0.217 e. The number of nitrogens with one attached hydrogen (secondary N) is 1. The van der Waals surface area contributed by atoms with Gasteiger partial charge in [-0.3, -0.25) is 0 Å². The average molecular weight is 323 g/mol. The zero-order chi connectivity index (χ0) is 15.6. The zero-order valence-electron chi connectivity index (χ0n) is 13.2. The summed E-state index contributed by atoms with van der Waals surface area (Å²) in [7, 11) is -1.36. The molecule has 0 spiro atoms. The van der Waals surface area contributed by atoms with Gasteiger partial charge in [-0.1, -0.05) is 19.3 Å². The molecule has 0 amide bonds. The van der Waals surface area contributed by atoms with Crippen molar-refractivity contribution in [2.75, 3.05) is 18.9 Å². The van der Waals surface area contributed by atoms with Crippen LogP contribution in [0.4, 0.5) is 5.82 Å². The fraction of sp³-hybridized carbons (Fsp3) is 0.688. The highest BCUT2D eigenvalue weighted by Gasteiger charge is 2.40. The minimum Gasteiger partial charge on any atom is -0.373 e. The smallest absolute Gasteiger partial charge is 0.217 e. The summed E-state index contributed by atoms with van der Waals surface area (Å²) in [6, 6.07) is 3.89. The standard InChI is InChI=1S/C16H25N3O2S/c1-17-16-12-13(9-10-18-16)15-8-5-11-19(15)22(20,21)14-6-3-2-4-7-14/h9-10,12,14-15H,2-8,11H2,1H3,(H,17,18). The molecular weight excluding hydrogens is 298 g/mol. The molecule has 0 radical (unpaired) electrons. The highest BCUT2D eigenvalue weighted by molar-refractivity contribution is 7.89. The van der Waals surface area contributed by atoms with E-state index in [1.165, 1.54) is 6.42 Å². The lowest BCUT2D eigenvalue weighted by Gasteiger charge is -2.31. The highest BCUT2D eigenvalue weighted by Crippen LogP contribution is 2.38. The third-order valence-corrected chi connectivity index (χ3v) is 7.33. The summed E-state index contributed by atoms with van der Waals surface area (Å²) in [5.41, 5.74) is 1.05. The fourth-order valence-corrected chi connectivity index (χ4v) is 6.00. The minimum absolute atomic E-state index is 0.0259. The van der Waals surface area contributed by atoms with Crippen LogP contribution in [0.2, 0.25) is 0 Å². The largest absolute Gasteiger partial charge is 0.373 e. The second-order valence-electron chi connectivity index (χ2n) is 6.30. The molecule has 1 unspecified atom stereocenters. The topological polar surface area (TPSA) is 62.3 Å². The van der Waals surface area contributed by atoms with Gasteiger partial charge in [-0.2, -0.15) is 4.31 Å². The first-order valence-electron chi connectivity index (χ1n) is 8.27. The molecule has 0 aromatic carbocycles. The van der Waals surface area contributed by atoms with Gasteiger partial charge in [0.15, 0.2) is 0 Å². The van der Waals surface area contributed by atoms with Crippen molar-refractivity contribution < 1.29 is 8.42 Å². The van der Waals surface area contributed by atoms with E-state index in [9.17, 15) is 8.42 Å². The molecule has 1 saturated heterocycles. The molecule has 1 saturated carbocycles. The molecule has 2 fully saturated rings. The molecule has 22 heavy (non-hydrogen) atoms. The normalized spacial score (nSPS) is 24.5. The predicted molar refractivity (Wildman–Crippen MR) is 88.3 cm³/mol. The number of pyridine rings is 1. The average Bonchev–Trinajstić information content (AvgIpc) is 3.06. The third kappa shape index (κ3) is 2.99. The minimum atomic E-state index is -3.19. The van der Waals surface area contributed by atoms with E-state index < -0.39 is 10.0 Å². The Labute approximate surface area is 133 Å². The zero-order valence-corrected chi connectivity index (χ0v) is 14.0. The number of nitrogens with zero attached hydrogens (tertiary/aromatic N) is 2. The molecule has 0 bridgehead atoms. The van der Waals surface area contributed by atoms with Crippen LogP contribution in [0.5, 0.6) is 0 Å². The van der Waals surface area contributed by atoms with Crippen LogP contribution in [0, 0.1) is 0 Å². The molecule has 1 aromatic rings. The molecule has 1 N–H and O–H groups in total. The first kappa shape index (κ1) is 15.7. The Hall–Kier alpha value is -1.14. The monoisotopic (exact) mass is 323 g/mol. The first-order valence-corrected chi connectivity index (χ1v) is 9.77. The van der Waals surface area contributed by atoms with Gasteiger partial charge in [0, 0.05) is 25.8 Å². The van der Waals surface area contributed by atoms with Gasteiger partial charge in [-0.25, -0.2) is 13.4 Å². The summed E-state index contributed by atoms with van der Waals surface area (Å²) in [6.45, 7) is 0.653. The summed E-state index contributed by atoms with van der Waals surface area (Å²) in [5.74, 6) is 0.791. The van der Waals surface area contributed by atoms with Crippen LogP contribution in [-0.2, 0) is 10.0 Å². The summed E-state index contributed by atoms with van der Waals surface area (Å²) in [4.78, 5) is 4.23. The van der Waals surface area contributed by atoms with Gasteiger partial charge >= 0.3 is 0 Å². The third-order valence-electron chi connectivity index (χ3n) is 4.93.